The highest BCUT2D eigenvalue weighted by molar-refractivity contribution is 8.13. The van der Waals surface area contributed by atoms with Crippen LogP contribution in [0.5, 0.6) is 0 Å². The van der Waals surface area contributed by atoms with Crippen molar-refractivity contribution in [3.63, 3.8) is 0 Å². The van der Waals surface area contributed by atoms with E-state index in [1.807, 2.05) is 0 Å². The van der Waals surface area contributed by atoms with Gasteiger partial charge < -0.3 is 4.74 Å². The van der Waals surface area contributed by atoms with Gasteiger partial charge in [0.05, 0.1) is 11.6 Å². The van der Waals surface area contributed by atoms with Gasteiger partial charge in [0, 0.05) is 16.4 Å². The van der Waals surface area contributed by atoms with Gasteiger partial charge in [-0.3, -0.25) is 5.32 Å². The number of carbonyl (C=O) groups excluding carboxylic acids is 1. The minimum absolute atomic E-state index is 0.0672. The molecule has 1 aromatic carbocycles. The Morgan fingerprint density at radius 1 is 1.44 bits per heavy atom. The van der Waals surface area contributed by atoms with E-state index in [4.69, 9.17) is 27.0 Å². The molecule has 0 aliphatic rings. The van der Waals surface area contributed by atoms with Crippen LogP contribution in [-0.4, -0.2) is 21.1 Å². The molecule has 0 unspecified atom stereocenters. The van der Waals surface area contributed by atoms with Crippen molar-refractivity contribution >= 4 is 43.1 Å². The smallest absolute Gasteiger partial charge is 0.411 e. The van der Waals surface area contributed by atoms with Crippen molar-refractivity contribution in [3.05, 3.63) is 22.7 Å². The molecule has 0 aliphatic heterocycles. The molecule has 5 nitrogen and oxygen atoms in total. The second-order valence-electron chi connectivity index (χ2n) is 3.38. The van der Waals surface area contributed by atoms with Crippen LogP contribution < -0.4 is 5.32 Å². The van der Waals surface area contributed by atoms with Crippen LogP contribution in [0, 0.1) is 6.92 Å². The van der Waals surface area contributed by atoms with Gasteiger partial charge >= 0.3 is 6.09 Å². The van der Waals surface area contributed by atoms with Gasteiger partial charge in [-0.05, 0) is 31.5 Å². The zero-order chi connectivity index (χ0) is 13.9. The Bertz CT molecular complexity index is 571. The molecule has 8 heteroatoms. The maximum atomic E-state index is 11.2. The summed E-state index contributed by atoms with van der Waals surface area (Å²) in [5, 5.41) is 2.38. The van der Waals surface area contributed by atoms with Crippen molar-refractivity contribution in [2.24, 2.45) is 0 Å². The van der Waals surface area contributed by atoms with Crippen LogP contribution in [0.1, 0.15) is 12.5 Å². The summed E-state index contributed by atoms with van der Waals surface area (Å²) in [6, 6.07) is 2.59. The van der Waals surface area contributed by atoms with Crippen LogP contribution >= 0.6 is 22.3 Å². The number of carbonyl (C=O) groups is 1. The van der Waals surface area contributed by atoms with Gasteiger partial charge in [0.25, 0.3) is 9.05 Å². The number of amides is 1. The third-order valence-corrected chi connectivity index (χ3v) is 3.84. The number of anilines is 1. The number of rotatable bonds is 3. The molecule has 18 heavy (non-hydrogen) atoms. The minimum atomic E-state index is -3.92. The summed E-state index contributed by atoms with van der Waals surface area (Å²) < 4.78 is 27.1. The Morgan fingerprint density at radius 2 is 2.06 bits per heavy atom. The number of benzene rings is 1. The van der Waals surface area contributed by atoms with Gasteiger partial charge in [-0.2, -0.15) is 0 Å². The Kier molecular flexibility index (Phi) is 4.84. The van der Waals surface area contributed by atoms with Crippen LogP contribution in [-0.2, 0) is 13.8 Å². The molecule has 0 heterocycles. The lowest BCUT2D eigenvalue weighted by Gasteiger charge is -2.10. The van der Waals surface area contributed by atoms with Crippen molar-refractivity contribution < 1.29 is 17.9 Å². The molecule has 1 N–H and O–H groups in total. The average molecular weight is 312 g/mol. The number of nitrogens with one attached hydrogen (secondary N) is 1. The van der Waals surface area contributed by atoms with Crippen molar-refractivity contribution in [2.45, 2.75) is 18.7 Å². The van der Waals surface area contributed by atoms with Gasteiger partial charge in [-0.15, -0.1) is 0 Å². The Labute approximate surface area is 114 Å². The largest absolute Gasteiger partial charge is 0.450 e. The fourth-order valence-electron chi connectivity index (χ4n) is 1.25. The van der Waals surface area contributed by atoms with E-state index >= 15 is 0 Å². The fraction of sp³-hybridized carbons (Fsp3) is 0.300. The first-order valence-electron chi connectivity index (χ1n) is 4.94. The summed E-state index contributed by atoms with van der Waals surface area (Å²) in [4.78, 5) is 11.0. The van der Waals surface area contributed by atoms with Crippen molar-refractivity contribution in [3.8, 4) is 0 Å². The molecule has 1 amide bonds. The first kappa shape index (κ1) is 15.1. The zero-order valence-electron chi connectivity index (χ0n) is 9.66. The third kappa shape index (κ3) is 3.76. The van der Waals surface area contributed by atoms with E-state index in [0.29, 0.717) is 11.3 Å². The lowest BCUT2D eigenvalue weighted by atomic mass is 10.2. The Balaban J connectivity index is 3.12. The SMILES string of the molecule is CCOC(=O)Nc1cc(Cl)c(S(=O)(=O)Cl)cc1C. The van der Waals surface area contributed by atoms with Crippen molar-refractivity contribution in [2.75, 3.05) is 11.9 Å². The summed E-state index contributed by atoms with van der Waals surface area (Å²) in [7, 11) is 1.30. The number of aryl methyl sites for hydroxylation is 1. The van der Waals surface area contributed by atoms with Gasteiger partial charge in [0.1, 0.15) is 4.90 Å². The van der Waals surface area contributed by atoms with Crippen molar-refractivity contribution in [1.29, 1.82) is 0 Å². The first-order valence-corrected chi connectivity index (χ1v) is 7.63. The van der Waals surface area contributed by atoms with Gasteiger partial charge in [-0.1, -0.05) is 11.6 Å². The van der Waals surface area contributed by atoms with Crippen molar-refractivity contribution in [1.82, 2.24) is 0 Å². The fourth-order valence-corrected chi connectivity index (χ4v) is 2.83. The summed E-state index contributed by atoms with van der Waals surface area (Å²) in [6.07, 6.45) is -0.641. The molecule has 1 rings (SSSR count). The molecule has 0 spiro atoms. The van der Waals surface area contributed by atoms with E-state index in [9.17, 15) is 13.2 Å². The summed E-state index contributed by atoms with van der Waals surface area (Å²) in [5.74, 6) is 0. The highest BCUT2D eigenvalue weighted by atomic mass is 35.7. The normalized spacial score (nSPS) is 11.1. The predicted octanol–water partition coefficient (Wildman–Crippen LogP) is 3.14. The molecular formula is C10H11Cl2NO4S. The number of halogens is 2. The summed E-state index contributed by atoms with van der Waals surface area (Å²) >= 11 is 5.79. The van der Waals surface area contributed by atoms with E-state index < -0.39 is 15.1 Å². The molecule has 0 atom stereocenters. The van der Waals surface area contributed by atoms with Crippen LogP contribution in [0.3, 0.4) is 0 Å². The molecule has 0 saturated carbocycles. The van der Waals surface area contributed by atoms with E-state index in [1.165, 1.54) is 12.1 Å². The molecule has 1 aromatic rings. The predicted molar refractivity (Wildman–Crippen MR) is 69.9 cm³/mol. The zero-order valence-corrected chi connectivity index (χ0v) is 12.0. The topological polar surface area (TPSA) is 72.5 Å². The monoisotopic (exact) mass is 311 g/mol. The second-order valence-corrected chi connectivity index (χ2v) is 6.32. The number of hydrogen-bond donors (Lipinski definition) is 1. The lowest BCUT2D eigenvalue weighted by Crippen LogP contribution is -2.14. The molecule has 0 aliphatic carbocycles. The lowest BCUT2D eigenvalue weighted by molar-refractivity contribution is 0.168. The standard InChI is InChI=1S/C10H11Cl2NO4S/c1-3-17-10(14)13-8-5-7(11)9(4-6(8)2)18(12,15)16/h4-5H,3H2,1-2H3,(H,13,14). The number of ether oxygens (including phenoxy) is 1. The van der Waals surface area contributed by atoms with Crippen LogP contribution in [0.25, 0.3) is 0 Å². The minimum Gasteiger partial charge on any atom is -0.450 e. The van der Waals surface area contributed by atoms with E-state index in [2.05, 4.69) is 5.32 Å². The molecular weight excluding hydrogens is 301 g/mol. The van der Waals surface area contributed by atoms with Gasteiger partial charge in [-0.25, -0.2) is 13.2 Å². The third-order valence-electron chi connectivity index (χ3n) is 2.05. The van der Waals surface area contributed by atoms with Gasteiger partial charge in [0.2, 0.25) is 0 Å². The average Bonchev–Trinajstić information content (AvgIpc) is 2.21. The molecule has 0 saturated heterocycles. The first-order chi connectivity index (χ1) is 8.25. The van der Waals surface area contributed by atoms with Gasteiger partial charge in [0.15, 0.2) is 0 Å². The van der Waals surface area contributed by atoms with Crippen LogP contribution in [0.15, 0.2) is 17.0 Å². The second kappa shape index (κ2) is 5.77. The van der Waals surface area contributed by atoms with Crippen LogP contribution in [0.4, 0.5) is 10.5 Å². The number of hydrogen-bond acceptors (Lipinski definition) is 4. The van der Waals surface area contributed by atoms with E-state index in [0.717, 1.165) is 0 Å². The Hall–Kier alpha value is -0.980. The van der Waals surface area contributed by atoms with Crippen LogP contribution in [0.2, 0.25) is 5.02 Å². The maximum Gasteiger partial charge on any atom is 0.411 e. The summed E-state index contributed by atoms with van der Waals surface area (Å²) in [6.45, 7) is 3.51. The quantitative estimate of drug-likeness (QED) is 0.870. The van der Waals surface area contributed by atoms with E-state index in [1.54, 1.807) is 13.8 Å². The molecule has 0 fully saturated rings. The van der Waals surface area contributed by atoms with E-state index in [-0.39, 0.29) is 16.5 Å². The molecule has 0 radical (unpaired) electrons. The highest BCUT2D eigenvalue weighted by Crippen LogP contribution is 2.30. The molecule has 0 aromatic heterocycles. The molecule has 100 valence electrons. The summed E-state index contributed by atoms with van der Waals surface area (Å²) in [5.41, 5.74) is 0.870. The highest BCUT2D eigenvalue weighted by Gasteiger charge is 2.17. The maximum absolute atomic E-state index is 11.2. The molecule has 0 bridgehead atoms. The Morgan fingerprint density at radius 3 is 2.56 bits per heavy atom.